The second kappa shape index (κ2) is 5.26. The highest BCUT2D eigenvalue weighted by Gasteiger charge is 2.61. The number of rotatable bonds is 3. The summed E-state index contributed by atoms with van der Waals surface area (Å²) in [4.78, 5) is 2.11. The van der Waals surface area contributed by atoms with Crippen molar-refractivity contribution in [2.45, 2.75) is 57.3 Å². The number of unbranched alkanes of at least 4 members (excludes halogenated alkanes) is 1. The average molecular weight is 217 g/mol. The molecule has 0 spiro atoms. The topological polar surface area (TPSA) is 12.5 Å². The van der Waals surface area contributed by atoms with E-state index in [1.165, 1.54) is 12.8 Å². The smallest absolute Gasteiger partial charge is 0.131 e. The lowest BCUT2D eigenvalue weighted by Gasteiger charge is -2.30. The summed E-state index contributed by atoms with van der Waals surface area (Å²) < 4.78 is 18.6. The van der Waals surface area contributed by atoms with Gasteiger partial charge < -0.3 is 4.74 Å². The third-order valence-corrected chi connectivity index (χ3v) is 3.64. The van der Waals surface area contributed by atoms with E-state index in [0.29, 0.717) is 12.6 Å². The molecule has 15 heavy (non-hydrogen) atoms. The van der Waals surface area contributed by atoms with Gasteiger partial charge in [0.1, 0.15) is 5.67 Å². The van der Waals surface area contributed by atoms with Gasteiger partial charge in [-0.2, -0.15) is 0 Å². The summed E-state index contributed by atoms with van der Waals surface area (Å²) in [5, 5.41) is 0. The van der Waals surface area contributed by atoms with E-state index in [0.717, 1.165) is 12.8 Å². The number of nitrogens with zero attached hydrogens (tertiary/aromatic N) is 1. The van der Waals surface area contributed by atoms with Crippen molar-refractivity contribution in [3.63, 3.8) is 0 Å². The number of ether oxygens (including phenoxy) is 1. The SMILES string of the molecule is CCCC.COC[C@@H]1N(C)C2CC1(F)C2. The molecule has 3 aliphatic rings. The zero-order valence-corrected chi connectivity index (χ0v) is 10.4. The number of hydrogen-bond donors (Lipinski definition) is 0. The van der Waals surface area contributed by atoms with Gasteiger partial charge >= 0.3 is 0 Å². The van der Waals surface area contributed by atoms with E-state index in [9.17, 15) is 4.39 Å². The lowest BCUT2D eigenvalue weighted by molar-refractivity contribution is 0.0492. The Hall–Kier alpha value is -0.150. The van der Waals surface area contributed by atoms with Crippen LogP contribution in [0.5, 0.6) is 0 Å². The Morgan fingerprint density at radius 1 is 1.33 bits per heavy atom. The Morgan fingerprint density at radius 3 is 2.13 bits per heavy atom. The van der Waals surface area contributed by atoms with E-state index in [4.69, 9.17) is 4.74 Å². The predicted octanol–water partition coefficient (Wildman–Crippen LogP) is 2.62. The Labute approximate surface area is 92.8 Å². The van der Waals surface area contributed by atoms with Crippen molar-refractivity contribution in [3.05, 3.63) is 0 Å². The monoisotopic (exact) mass is 217 g/mol. The summed E-state index contributed by atoms with van der Waals surface area (Å²) in [5.41, 5.74) is -0.921. The molecule has 0 radical (unpaired) electrons. The van der Waals surface area contributed by atoms with Gasteiger partial charge in [-0.1, -0.05) is 26.7 Å². The number of hydrogen-bond acceptors (Lipinski definition) is 2. The molecule has 2 heterocycles. The van der Waals surface area contributed by atoms with Gasteiger partial charge in [-0.25, -0.2) is 4.39 Å². The zero-order valence-electron chi connectivity index (χ0n) is 10.4. The fourth-order valence-corrected chi connectivity index (χ4v) is 2.33. The molecule has 0 N–H and O–H groups in total. The Morgan fingerprint density at radius 2 is 1.87 bits per heavy atom. The van der Waals surface area contributed by atoms with Crippen molar-refractivity contribution in [2.75, 3.05) is 20.8 Å². The quantitative estimate of drug-likeness (QED) is 0.720. The lowest BCUT2D eigenvalue weighted by Crippen LogP contribution is -2.41. The molecule has 3 rings (SSSR count). The fraction of sp³-hybridized carbons (Fsp3) is 1.00. The minimum atomic E-state index is -0.921. The van der Waals surface area contributed by atoms with Crippen LogP contribution in [-0.4, -0.2) is 43.4 Å². The molecule has 3 fully saturated rings. The van der Waals surface area contributed by atoms with Crippen molar-refractivity contribution in [1.82, 2.24) is 4.90 Å². The molecule has 2 saturated heterocycles. The highest BCUT2D eigenvalue weighted by atomic mass is 19.1. The highest BCUT2D eigenvalue weighted by molar-refractivity contribution is 5.15. The Bertz CT molecular complexity index is 190. The molecule has 0 aromatic heterocycles. The van der Waals surface area contributed by atoms with Crippen molar-refractivity contribution < 1.29 is 9.13 Å². The molecular weight excluding hydrogens is 193 g/mol. The van der Waals surface area contributed by atoms with Gasteiger partial charge in [0, 0.05) is 13.2 Å². The van der Waals surface area contributed by atoms with Gasteiger partial charge in [-0.05, 0) is 19.9 Å². The maximum absolute atomic E-state index is 13.7. The fourth-order valence-electron chi connectivity index (χ4n) is 2.33. The lowest BCUT2D eigenvalue weighted by atomic mass is 9.80. The maximum Gasteiger partial charge on any atom is 0.131 e. The first-order valence-corrected chi connectivity index (χ1v) is 5.98. The van der Waals surface area contributed by atoms with Crippen LogP contribution in [0.4, 0.5) is 4.39 Å². The van der Waals surface area contributed by atoms with Crippen LogP contribution in [-0.2, 0) is 4.74 Å². The average Bonchev–Trinajstić information content (AvgIpc) is 2.55. The van der Waals surface area contributed by atoms with E-state index < -0.39 is 5.67 Å². The van der Waals surface area contributed by atoms with Crippen LogP contribution < -0.4 is 0 Å². The predicted molar refractivity (Wildman–Crippen MR) is 60.9 cm³/mol. The number of methoxy groups -OCH3 is 1. The molecule has 3 heteroatoms. The first kappa shape index (κ1) is 12.9. The van der Waals surface area contributed by atoms with Crippen LogP contribution >= 0.6 is 0 Å². The molecule has 2 aliphatic heterocycles. The van der Waals surface area contributed by atoms with E-state index in [1.807, 2.05) is 7.05 Å². The van der Waals surface area contributed by atoms with Crippen molar-refractivity contribution in [1.29, 1.82) is 0 Å². The summed E-state index contributed by atoms with van der Waals surface area (Å²) in [6.45, 7) is 4.89. The summed E-state index contributed by atoms with van der Waals surface area (Å²) >= 11 is 0. The number of fused-ring (bicyclic) bond motifs is 1. The number of likely N-dealkylation sites (N-methyl/N-ethyl adjacent to an activating group) is 1. The summed E-state index contributed by atoms with van der Waals surface area (Å²) in [7, 11) is 3.62. The third kappa shape index (κ3) is 2.51. The van der Waals surface area contributed by atoms with E-state index >= 15 is 0 Å². The molecule has 1 saturated carbocycles. The van der Waals surface area contributed by atoms with Gasteiger partial charge in [0.2, 0.25) is 0 Å². The molecular formula is C12H24FNO. The maximum atomic E-state index is 13.7. The first-order chi connectivity index (χ1) is 7.09. The van der Waals surface area contributed by atoms with Crippen LogP contribution in [0.25, 0.3) is 0 Å². The molecule has 1 atom stereocenters. The molecule has 2 bridgehead atoms. The third-order valence-electron chi connectivity index (χ3n) is 3.64. The summed E-state index contributed by atoms with van der Waals surface area (Å²) in [6.07, 6.45) is 4.08. The summed E-state index contributed by atoms with van der Waals surface area (Å²) in [6, 6.07) is 0.498. The molecule has 0 aromatic rings. The van der Waals surface area contributed by atoms with Crippen LogP contribution in [0.2, 0.25) is 0 Å². The standard InChI is InChI=1S/C8H14FNO.C4H10/c1-10-6-3-8(9,4-6)7(10)5-11-2;1-3-4-2/h6-7H,3-5H2,1-2H3;3-4H2,1-2H3/t6?,7-,8?;/m0./s1. The minimum Gasteiger partial charge on any atom is -0.383 e. The molecule has 0 unspecified atom stereocenters. The Kier molecular flexibility index (Phi) is 4.53. The van der Waals surface area contributed by atoms with E-state index in [2.05, 4.69) is 18.7 Å². The van der Waals surface area contributed by atoms with Crippen molar-refractivity contribution in [3.8, 4) is 0 Å². The number of halogens is 1. The molecule has 2 nitrogen and oxygen atoms in total. The van der Waals surface area contributed by atoms with Crippen LogP contribution in [0.1, 0.15) is 39.5 Å². The molecule has 1 aliphatic carbocycles. The van der Waals surface area contributed by atoms with Crippen LogP contribution in [0, 0.1) is 0 Å². The molecule has 0 aromatic carbocycles. The van der Waals surface area contributed by atoms with Gasteiger partial charge in [0.05, 0.1) is 12.6 Å². The number of alkyl halides is 1. The second-order valence-corrected chi connectivity index (χ2v) is 4.73. The van der Waals surface area contributed by atoms with Gasteiger partial charge in [-0.3, -0.25) is 4.90 Å². The van der Waals surface area contributed by atoms with Gasteiger partial charge in [-0.15, -0.1) is 0 Å². The van der Waals surface area contributed by atoms with Crippen LogP contribution in [0.15, 0.2) is 0 Å². The van der Waals surface area contributed by atoms with E-state index in [-0.39, 0.29) is 6.04 Å². The van der Waals surface area contributed by atoms with Crippen LogP contribution in [0.3, 0.4) is 0 Å². The Balaban J connectivity index is 0.000000245. The second-order valence-electron chi connectivity index (χ2n) is 4.73. The zero-order chi connectivity index (χ0) is 11.5. The van der Waals surface area contributed by atoms with E-state index in [1.54, 1.807) is 7.11 Å². The van der Waals surface area contributed by atoms with Gasteiger partial charge in [0.25, 0.3) is 0 Å². The van der Waals surface area contributed by atoms with Crippen molar-refractivity contribution in [2.24, 2.45) is 0 Å². The molecule has 90 valence electrons. The summed E-state index contributed by atoms with van der Waals surface area (Å²) in [5.74, 6) is 0. The minimum absolute atomic E-state index is 0.0116. The molecule has 0 amide bonds. The first-order valence-electron chi connectivity index (χ1n) is 5.98. The normalized spacial score (nSPS) is 38.2. The highest BCUT2D eigenvalue weighted by Crippen LogP contribution is 2.51. The van der Waals surface area contributed by atoms with Gasteiger partial charge in [0.15, 0.2) is 0 Å². The van der Waals surface area contributed by atoms with Crippen molar-refractivity contribution >= 4 is 0 Å². The largest absolute Gasteiger partial charge is 0.383 e.